The maximum Gasteiger partial charge on any atom is 0.318 e. The minimum Gasteiger partial charge on any atom is -0.481 e. The molecule has 0 aromatic carbocycles. The Bertz CT molecular complexity index is 313. The second-order valence-electron chi connectivity index (χ2n) is 5.39. The number of carboxylic acid groups (broad SMARTS) is 1. The van der Waals surface area contributed by atoms with E-state index in [-0.39, 0.29) is 25.1 Å². The molecule has 0 heterocycles. The van der Waals surface area contributed by atoms with Gasteiger partial charge in [0.05, 0.1) is 13.0 Å². The minimum absolute atomic E-state index is 0.0801. The van der Waals surface area contributed by atoms with Gasteiger partial charge < -0.3 is 20.4 Å². The highest BCUT2D eigenvalue weighted by Crippen LogP contribution is 2.25. The highest BCUT2D eigenvalue weighted by atomic mass is 16.4. The number of hydrogen-bond donors (Lipinski definition) is 3. The zero-order valence-electron chi connectivity index (χ0n) is 11.0. The maximum absolute atomic E-state index is 12.1. The first-order valence-electron chi connectivity index (χ1n) is 6.27. The fourth-order valence-corrected chi connectivity index (χ4v) is 2.04. The molecule has 1 aliphatic carbocycles. The molecule has 0 aliphatic heterocycles. The van der Waals surface area contributed by atoms with Gasteiger partial charge in [-0.3, -0.25) is 4.79 Å². The van der Waals surface area contributed by atoms with Gasteiger partial charge >= 0.3 is 12.0 Å². The lowest BCUT2D eigenvalue weighted by Gasteiger charge is -2.39. The van der Waals surface area contributed by atoms with E-state index in [4.69, 9.17) is 10.2 Å². The van der Waals surface area contributed by atoms with Gasteiger partial charge in [0.25, 0.3) is 0 Å². The van der Waals surface area contributed by atoms with E-state index in [2.05, 4.69) is 5.32 Å². The van der Waals surface area contributed by atoms with Crippen molar-refractivity contribution in [2.45, 2.75) is 51.1 Å². The molecule has 0 saturated heterocycles. The Labute approximate surface area is 107 Å². The third-order valence-electron chi connectivity index (χ3n) is 3.16. The Hall–Kier alpha value is -1.30. The molecular weight excluding hydrogens is 236 g/mol. The quantitative estimate of drug-likeness (QED) is 0.657. The van der Waals surface area contributed by atoms with Crippen molar-refractivity contribution in [1.29, 1.82) is 0 Å². The van der Waals surface area contributed by atoms with E-state index in [0.29, 0.717) is 6.54 Å². The summed E-state index contributed by atoms with van der Waals surface area (Å²) in [5.74, 6) is -0.947. The van der Waals surface area contributed by atoms with Crippen LogP contribution in [0, 0.1) is 0 Å². The van der Waals surface area contributed by atoms with Crippen molar-refractivity contribution in [2.75, 3.05) is 13.2 Å². The molecule has 3 N–H and O–H groups in total. The number of carbonyl (C=O) groups is 2. The normalized spacial score (nSPS) is 15.9. The van der Waals surface area contributed by atoms with Gasteiger partial charge in [-0.1, -0.05) is 0 Å². The van der Waals surface area contributed by atoms with Crippen molar-refractivity contribution in [3.05, 3.63) is 0 Å². The zero-order chi connectivity index (χ0) is 13.8. The summed E-state index contributed by atoms with van der Waals surface area (Å²) in [6, 6.07) is -0.113. The van der Waals surface area contributed by atoms with Gasteiger partial charge in [0.15, 0.2) is 0 Å². The third-order valence-corrected chi connectivity index (χ3v) is 3.16. The first-order valence-corrected chi connectivity index (χ1v) is 6.27. The number of aliphatic hydroxyl groups is 1. The summed E-state index contributed by atoms with van der Waals surface area (Å²) < 4.78 is 0. The van der Waals surface area contributed by atoms with Gasteiger partial charge in [-0.15, -0.1) is 0 Å². The number of nitrogens with one attached hydrogen (secondary N) is 1. The molecule has 6 nitrogen and oxygen atoms in total. The Morgan fingerprint density at radius 3 is 2.39 bits per heavy atom. The SMILES string of the molecule is CC(C)(CC(=O)O)NC(=O)N(CCO)C1CCC1. The highest BCUT2D eigenvalue weighted by molar-refractivity contribution is 5.77. The highest BCUT2D eigenvalue weighted by Gasteiger charge is 2.32. The predicted molar refractivity (Wildman–Crippen MR) is 66.3 cm³/mol. The molecule has 0 radical (unpaired) electrons. The molecule has 6 heteroatoms. The van der Waals surface area contributed by atoms with E-state index in [1.54, 1.807) is 18.7 Å². The molecule has 0 aromatic heterocycles. The molecule has 0 atom stereocenters. The Kier molecular flexibility index (Phi) is 4.95. The fraction of sp³-hybridized carbons (Fsp3) is 0.833. The van der Waals surface area contributed by atoms with Crippen molar-refractivity contribution >= 4 is 12.0 Å². The first-order chi connectivity index (χ1) is 8.35. The second-order valence-corrected chi connectivity index (χ2v) is 5.39. The third kappa shape index (κ3) is 4.18. The van der Waals surface area contributed by atoms with E-state index in [1.807, 2.05) is 0 Å². The predicted octanol–water partition coefficient (Wildman–Crippen LogP) is 0.796. The number of amides is 2. The Morgan fingerprint density at radius 2 is 2.00 bits per heavy atom. The van der Waals surface area contributed by atoms with Crippen LogP contribution in [0.5, 0.6) is 0 Å². The molecule has 1 rings (SSSR count). The van der Waals surface area contributed by atoms with Crippen LogP contribution in [0.25, 0.3) is 0 Å². The van der Waals surface area contributed by atoms with Crippen molar-refractivity contribution < 1.29 is 19.8 Å². The van der Waals surface area contributed by atoms with Crippen LogP contribution in [-0.2, 0) is 4.79 Å². The van der Waals surface area contributed by atoms with E-state index in [0.717, 1.165) is 19.3 Å². The van der Waals surface area contributed by atoms with Crippen LogP contribution in [0.1, 0.15) is 39.5 Å². The zero-order valence-corrected chi connectivity index (χ0v) is 11.0. The van der Waals surface area contributed by atoms with Crippen molar-refractivity contribution in [2.24, 2.45) is 0 Å². The van der Waals surface area contributed by atoms with E-state index in [9.17, 15) is 9.59 Å². The molecule has 1 aliphatic rings. The number of carboxylic acids is 1. The van der Waals surface area contributed by atoms with Crippen LogP contribution in [0.2, 0.25) is 0 Å². The molecule has 0 bridgehead atoms. The largest absolute Gasteiger partial charge is 0.481 e. The smallest absolute Gasteiger partial charge is 0.318 e. The van der Waals surface area contributed by atoms with Crippen LogP contribution in [0.3, 0.4) is 0 Å². The summed E-state index contributed by atoms with van der Waals surface area (Å²) in [5, 5.41) is 20.5. The van der Waals surface area contributed by atoms with Crippen molar-refractivity contribution in [3.8, 4) is 0 Å². The average molecular weight is 258 g/mol. The summed E-state index contributed by atoms with van der Waals surface area (Å²) >= 11 is 0. The van der Waals surface area contributed by atoms with Gasteiger partial charge in [0.1, 0.15) is 0 Å². The summed E-state index contributed by atoms with van der Waals surface area (Å²) in [6.07, 6.45) is 2.87. The lowest BCUT2D eigenvalue weighted by atomic mass is 9.91. The molecule has 104 valence electrons. The number of aliphatic carboxylic acids is 1. The molecule has 0 unspecified atom stereocenters. The lowest BCUT2D eigenvalue weighted by Crippen LogP contribution is -2.55. The van der Waals surface area contributed by atoms with Crippen LogP contribution in [0.15, 0.2) is 0 Å². The Balaban J connectivity index is 2.57. The van der Waals surface area contributed by atoms with Gasteiger partial charge in [0.2, 0.25) is 0 Å². The van der Waals surface area contributed by atoms with E-state index < -0.39 is 11.5 Å². The van der Waals surface area contributed by atoms with Gasteiger partial charge in [0, 0.05) is 18.1 Å². The van der Waals surface area contributed by atoms with Crippen LogP contribution >= 0.6 is 0 Å². The summed E-state index contributed by atoms with van der Waals surface area (Å²) in [5.41, 5.74) is -0.791. The van der Waals surface area contributed by atoms with Crippen LogP contribution < -0.4 is 5.32 Å². The van der Waals surface area contributed by atoms with Crippen LogP contribution in [-0.4, -0.2) is 51.8 Å². The van der Waals surface area contributed by atoms with E-state index in [1.165, 1.54) is 0 Å². The number of hydrogen-bond acceptors (Lipinski definition) is 3. The monoisotopic (exact) mass is 258 g/mol. The van der Waals surface area contributed by atoms with Gasteiger partial charge in [-0.2, -0.15) is 0 Å². The number of rotatable bonds is 6. The minimum atomic E-state index is -0.947. The molecule has 1 fully saturated rings. The van der Waals surface area contributed by atoms with Gasteiger partial charge in [-0.05, 0) is 33.1 Å². The average Bonchev–Trinajstić information content (AvgIpc) is 2.10. The molecule has 0 spiro atoms. The standard InChI is InChI=1S/C12H22N2O4/c1-12(2,8-10(16)17)13-11(18)14(6-7-15)9-4-3-5-9/h9,15H,3-8H2,1-2H3,(H,13,18)(H,16,17). The van der Waals surface area contributed by atoms with Gasteiger partial charge in [-0.25, -0.2) is 4.79 Å². The molecule has 0 aromatic rings. The summed E-state index contributed by atoms with van der Waals surface area (Å²) in [6.45, 7) is 3.57. The number of aliphatic hydroxyl groups excluding tert-OH is 1. The molecule has 18 heavy (non-hydrogen) atoms. The first kappa shape index (κ1) is 14.8. The molecule has 2 amide bonds. The van der Waals surface area contributed by atoms with Crippen LogP contribution in [0.4, 0.5) is 4.79 Å². The number of carbonyl (C=O) groups excluding carboxylic acids is 1. The maximum atomic E-state index is 12.1. The molecule has 1 saturated carbocycles. The topological polar surface area (TPSA) is 89.9 Å². The summed E-state index contributed by atoms with van der Waals surface area (Å²) in [4.78, 5) is 24.4. The van der Waals surface area contributed by atoms with Crippen molar-refractivity contribution in [3.63, 3.8) is 0 Å². The molecular formula is C12H22N2O4. The van der Waals surface area contributed by atoms with Crippen molar-refractivity contribution in [1.82, 2.24) is 10.2 Å². The number of nitrogens with zero attached hydrogens (tertiary/aromatic N) is 1. The second kappa shape index (κ2) is 6.04. The fourth-order valence-electron chi connectivity index (χ4n) is 2.04. The Morgan fingerprint density at radius 1 is 1.39 bits per heavy atom. The lowest BCUT2D eigenvalue weighted by molar-refractivity contribution is -0.138. The summed E-state index contributed by atoms with van der Waals surface area (Å²) in [7, 11) is 0. The number of urea groups is 1. The van der Waals surface area contributed by atoms with E-state index >= 15 is 0 Å².